The summed E-state index contributed by atoms with van der Waals surface area (Å²) in [5.41, 5.74) is 1.84. The van der Waals surface area contributed by atoms with Gasteiger partial charge in [0.25, 0.3) is 0 Å². The molecule has 0 unspecified atom stereocenters. The number of aryl methyl sites for hydroxylation is 1. The molecule has 2 aromatic rings. The number of nitrogens with zero attached hydrogens (tertiary/aromatic N) is 3. The van der Waals surface area contributed by atoms with Crippen molar-refractivity contribution in [3.05, 3.63) is 36.8 Å². The second-order valence-electron chi connectivity index (χ2n) is 2.54. The molecule has 0 N–H and O–H groups in total. The molecule has 0 atom stereocenters. The number of hydrogen-bond donors (Lipinski definition) is 0. The van der Waals surface area contributed by atoms with Crippen LogP contribution in [-0.4, -0.2) is 14.8 Å². The van der Waals surface area contributed by atoms with Gasteiger partial charge in [0.2, 0.25) is 0 Å². The van der Waals surface area contributed by atoms with Crippen LogP contribution in [0.4, 0.5) is 0 Å². The monoisotopic (exact) mass is 351 g/mol. The van der Waals surface area contributed by atoms with Crippen LogP contribution in [0.3, 0.4) is 0 Å². The zero-order valence-electron chi connectivity index (χ0n) is 7.06. The van der Waals surface area contributed by atoms with E-state index in [0.717, 1.165) is 11.3 Å². The molecule has 1 radical (unpaired) electrons. The minimum absolute atomic E-state index is 0. The van der Waals surface area contributed by atoms with Gasteiger partial charge in [-0.1, -0.05) is 12.3 Å². The summed E-state index contributed by atoms with van der Waals surface area (Å²) in [7, 11) is 1.89. The summed E-state index contributed by atoms with van der Waals surface area (Å²) < 4.78 is 1.76. The SMILES string of the molecule is Cn1ccc(-c2[c-]nccc2)n1.[Ir]. The van der Waals surface area contributed by atoms with E-state index in [2.05, 4.69) is 16.3 Å². The van der Waals surface area contributed by atoms with Gasteiger partial charge in [0.15, 0.2) is 0 Å². The Hall–Kier alpha value is -0.991. The van der Waals surface area contributed by atoms with E-state index in [1.54, 1.807) is 10.9 Å². The van der Waals surface area contributed by atoms with Gasteiger partial charge in [0, 0.05) is 39.0 Å². The Labute approximate surface area is 90.2 Å². The van der Waals surface area contributed by atoms with E-state index in [9.17, 15) is 0 Å². The summed E-state index contributed by atoms with van der Waals surface area (Å²) in [4.78, 5) is 3.90. The van der Waals surface area contributed by atoms with Gasteiger partial charge in [-0.2, -0.15) is 0 Å². The van der Waals surface area contributed by atoms with E-state index in [-0.39, 0.29) is 20.1 Å². The van der Waals surface area contributed by atoms with Crippen LogP contribution in [0.1, 0.15) is 0 Å². The van der Waals surface area contributed by atoms with Crippen molar-refractivity contribution < 1.29 is 20.1 Å². The molecule has 0 fully saturated rings. The van der Waals surface area contributed by atoms with Crippen LogP contribution in [-0.2, 0) is 27.2 Å². The predicted molar refractivity (Wildman–Crippen MR) is 45.3 cm³/mol. The Morgan fingerprint density at radius 1 is 1.38 bits per heavy atom. The zero-order valence-corrected chi connectivity index (χ0v) is 9.46. The summed E-state index contributed by atoms with van der Waals surface area (Å²) in [6, 6.07) is 5.75. The molecule has 2 aromatic heterocycles. The Morgan fingerprint density at radius 3 is 2.77 bits per heavy atom. The average Bonchev–Trinajstić information content (AvgIpc) is 2.54. The molecular weight excluding hydrogens is 342 g/mol. The van der Waals surface area contributed by atoms with Gasteiger partial charge in [-0.15, -0.1) is 17.7 Å². The summed E-state index contributed by atoms with van der Waals surface area (Å²) in [6.07, 6.45) is 6.47. The van der Waals surface area contributed by atoms with Gasteiger partial charge < -0.3 is 4.98 Å². The van der Waals surface area contributed by atoms with E-state index in [0.29, 0.717) is 0 Å². The molecule has 69 valence electrons. The van der Waals surface area contributed by atoms with Gasteiger partial charge in [0.05, 0.1) is 0 Å². The van der Waals surface area contributed by atoms with E-state index in [1.165, 1.54) is 0 Å². The molecule has 0 aromatic carbocycles. The van der Waals surface area contributed by atoms with Gasteiger partial charge in [0.1, 0.15) is 0 Å². The van der Waals surface area contributed by atoms with Gasteiger partial charge in [-0.05, 0) is 6.20 Å². The first-order valence-corrected chi connectivity index (χ1v) is 3.69. The van der Waals surface area contributed by atoms with E-state index in [4.69, 9.17) is 0 Å². The largest absolute Gasteiger partial charge is 0.360 e. The van der Waals surface area contributed by atoms with Crippen LogP contribution < -0.4 is 0 Å². The van der Waals surface area contributed by atoms with Crippen molar-refractivity contribution in [1.82, 2.24) is 14.8 Å². The van der Waals surface area contributed by atoms with Crippen LogP contribution in [0.2, 0.25) is 0 Å². The standard InChI is InChI=1S/C9H8N3.Ir/c1-12-6-4-9(11-12)8-3-2-5-10-7-8;/h2-6H,1H3;/q-1;. The fourth-order valence-electron chi connectivity index (χ4n) is 1.03. The maximum absolute atomic E-state index is 4.23. The summed E-state index contributed by atoms with van der Waals surface area (Å²) in [6.45, 7) is 0. The van der Waals surface area contributed by atoms with Crippen molar-refractivity contribution in [2.45, 2.75) is 0 Å². The number of hydrogen-bond acceptors (Lipinski definition) is 2. The third-order valence-electron chi connectivity index (χ3n) is 1.60. The fourth-order valence-corrected chi connectivity index (χ4v) is 1.03. The van der Waals surface area contributed by atoms with Crippen molar-refractivity contribution in [3.63, 3.8) is 0 Å². The van der Waals surface area contributed by atoms with Crippen LogP contribution in [0, 0.1) is 6.20 Å². The quantitative estimate of drug-likeness (QED) is 0.726. The third-order valence-corrected chi connectivity index (χ3v) is 1.60. The Bertz CT molecular complexity index is 369. The van der Waals surface area contributed by atoms with Gasteiger partial charge in [-0.25, -0.2) is 5.10 Å². The molecule has 0 spiro atoms. The Balaban J connectivity index is 0.000000845. The van der Waals surface area contributed by atoms with Crippen molar-refractivity contribution in [2.75, 3.05) is 0 Å². The maximum Gasteiger partial charge on any atom is 0.0288 e. The molecule has 2 heterocycles. The summed E-state index contributed by atoms with van der Waals surface area (Å²) in [5, 5.41) is 4.23. The first-order valence-electron chi connectivity index (χ1n) is 3.69. The van der Waals surface area contributed by atoms with E-state index in [1.807, 2.05) is 31.4 Å². The molecule has 3 nitrogen and oxygen atoms in total. The number of aromatic nitrogens is 3. The van der Waals surface area contributed by atoms with E-state index >= 15 is 0 Å². The van der Waals surface area contributed by atoms with Crippen molar-refractivity contribution in [2.24, 2.45) is 7.05 Å². The molecule has 0 saturated heterocycles. The van der Waals surface area contributed by atoms with E-state index < -0.39 is 0 Å². The van der Waals surface area contributed by atoms with Crippen molar-refractivity contribution >= 4 is 0 Å². The molecule has 13 heavy (non-hydrogen) atoms. The second kappa shape index (κ2) is 4.30. The molecule has 4 heteroatoms. The normalized spacial score (nSPS) is 9.31. The first-order chi connectivity index (χ1) is 5.86. The molecule has 0 bridgehead atoms. The fraction of sp³-hybridized carbons (Fsp3) is 0.111. The third kappa shape index (κ3) is 2.23. The minimum atomic E-state index is 0. The maximum atomic E-state index is 4.23. The van der Waals surface area contributed by atoms with Crippen LogP contribution in [0.5, 0.6) is 0 Å². The topological polar surface area (TPSA) is 30.7 Å². The molecule has 0 aliphatic carbocycles. The van der Waals surface area contributed by atoms with Gasteiger partial charge >= 0.3 is 0 Å². The minimum Gasteiger partial charge on any atom is -0.360 e. The second-order valence-corrected chi connectivity index (χ2v) is 2.54. The van der Waals surface area contributed by atoms with Crippen molar-refractivity contribution in [3.8, 4) is 11.3 Å². The smallest absolute Gasteiger partial charge is 0.0288 e. The van der Waals surface area contributed by atoms with Gasteiger partial charge in [-0.3, -0.25) is 4.68 Å². The summed E-state index contributed by atoms with van der Waals surface area (Å²) in [5.74, 6) is 0. The van der Waals surface area contributed by atoms with Crippen LogP contribution >= 0.6 is 0 Å². The summed E-state index contributed by atoms with van der Waals surface area (Å²) >= 11 is 0. The molecule has 0 amide bonds. The number of rotatable bonds is 1. The molecule has 2 rings (SSSR count). The Kier molecular flexibility index (Phi) is 3.34. The Morgan fingerprint density at radius 2 is 2.23 bits per heavy atom. The van der Waals surface area contributed by atoms with Crippen LogP contribution in [0.25, 0.3) is 11.3 Å². The molecule has 0 aliphatic rings. The van der Waals surface area contributed by atoms with Crippen molar-refractivity contribution in [1.29, 1.82) is 0 Å². The average molecular weight is 350 g/mol. The molecule has 0 saturated carbocycles. The predicted octanol–water partition coefficient (Wildman–Crippen LogP) is 1.28. The first kappa shape index (κ1) is 10.1. The molecular formula is C9H8IrN3-. The molecule has 0 aliphatic heterocycles. The number of pyridine rings is 1. The zero-order chi connectivity index (χ0) is 8.39. The van der Waals surface area contributed by atoms with Crippen LogP contribution in [0.15, 0.2) is 30.6 Å².